The van der Waals surface area contributed by atoms with E-state index in [2.05, 4.69) is 0 Å². The summed E-state index contributed by atoms with van der Waals surface area (Å²) in [7, 11) is 3.02. The van der Waals surface area contributed by atoms with Crippen molar-refractivity contribution < 1.29 is 28.6 Å². The van der Waals surface area contributed by atoms with Gasteiger partial charge in [-0.25, -0.2) is 4.39 Å². The minimum atomic E-state index is -0.860. The van der Waals surface area contributed by atoms with Crippen LogP contribution in [-0.2, 0) is 16.0 Å². The van der Waals surface area contributed by atoms with E-state index >= 15 is 0 Å². The predicted octanol–water partition coefficient (Wildman–Crippen LogP) is 5.66. The Morgan fingerprint density at radius 2 is 1.58 bits per heavy atom. The molecule has 4 aromatic rings. The highest BCUT2D eigenvalue weighted by molar-refractivity contribution is 6.46. The molecular weight excluding hydrogens is 485 g/mol. The minimum Gasteiger partial charge on any atom is -0.507 e. The van der Waals surface area contributed by atoms with Crippen LogP contribution < -0.4 is 9.47 Å². The lowest BCUT2D eigenvalue weighted by Gasteiger charge is -2.26. The molecule has 1 aliphatic heterocycles. The molecule has 1 unspecified atom stereocenters. The van der Waals surface area contributed by atoms with E-state index in [-0.39, 0.29) is 23.7 Å². The molecule has 1 amide bonds. The highest BCUT2D eigenvalue weighted by Crippen LogP contribution is 2.42. The fraction of sp³-hybridized carbons (Fsp3) is 0.161. The number of carbonyl (C=O) groups is 2. The van der Waals surface area contributed by atoms with Gasteiger partial charge >= 0.3 is 0 Å². The molecule has 0 bridgehead atoms. The van der Waals surface area contributed by atoms with Crippen molar-refractivity contribution in [1.82, 2.24) is 4.90 Å². The third-order valence-electron chi connectivity index (χ3n) is 6.84. The molecule has 1 saturated heterocycles. The monoisotopic (exact) mass is 511 g/mol. The number of halogens is 1. The first kappa shape index (κ1) is 25.0. The number of aliphatic hydroxyl groups excluding tert-OH is 1. The van der Waals surface area contributed by atoms with Crippen LogP contribution in [0.1, 0.15) is 22.7 Å². The number of rotatable bonds is 7. The SMILES string of the molecule is COc1ccc(C2/C(=C(\O)c3ccc4ccccc4c3)C(=O)C(=O)N2CCc2ccc(F)cc2)cc1OC. The lowest BCUT2D eigenvalue weighted by atomic mass is 9.94. The predicted molar refractivity (Wildman–Crippen MR) is 143 cm³/mol. The number of amides is 1. The van der Waals surface area contributed by atoms with Gasteiger partial charge in [-0.1, -0.05) is 54.6 Å². The maximum Gasteiger partial charge on any atom is 0.295 e. The van der Waals surface area contributed by atoms with E-state index in [0.29, 0.717) is 29.0 Å². The van der Waals surface area contributed by atoms with E-state index in [1.54, 1.807) is 42.5 Å². The average Bonchev–Trinajstić information content (AvgIpc) is 3.20. The van der Waals surface area contributed by atoms with Crippen LogP contribution in [-0.4, -0.2) is 42.5 Å². The number of hydrogen-bond donors (Lipinski definition) is 1. The maximum absolute atomic E-state index is 13.4. The first-order chi connectivity index (χ1) is 18.4. The van der Waals surface area contributed by atoms with E-state index in [0.717, 1.165) is 16.3 Å². The van der Waals surface area contributed by atoms with Gasteiger partial charge in [0, 0.05) is 12.1 Å². The molecule has 4 aromatic carbocycles. The van der Waals surface area contributed by atoms with E-state index in [9.17, 15) is 19.1 Å². The van der Waals surface area contributed by atoms with Crippen molar-refractivity contribution >= 4 is 28.2 Å². The van der Waals surface area contributed by atoms with E-state index < -0.39 is 17.7 Å². The topological polar surface area (TPSA) is 76.1 Å². The zero-order chi connectivity index (χ0) is 26.8. The number of hydrogen-bond acceptors (Lipinski definition) is 5. The van der Waals surface area contributed by atoms with Gasteiger partial charge in [0.25, 0.3) is 11.7 Å². The fourth-order valence-corrected chi connectivity index (χ4v) is 4.87. The third kappa shape index (κ3) is 4.59. The van der Waals surface area contributed by atoms with Crippen molar-refractivity contribution in [2.75, 3.05) is 20.8 Å². The van der Waals surface area contributed by atoms with E-state index in [1.165, 1.54) is 31.3 Å². The Balaban J connectivity index is 1.62. The molecule has 0 spiro atoms. The van der Waals surface area contributed by atoms with E-state index in [4.69, 9.17) is 9.47 Å². The number of Topliss-reactive ketones (excluding diaryl/α,β-unsaturated/α-hetero) is 1. The van der Waals surface area contributed by atoms with Gasteiger partial charge in [0.1, 0.15) is 11.6 Å². The fourth-order valence-electron chi connectivity index (χ4n) is 4.87. The van der Waals surface area contributed by atoms with Gasteiger partial charge in [-0.3, -0.25) is 9.59 Å². The molecule has 38 heavy (non-hydrogen) atoms. The number of fused-ring (bicyclic) bond motifs is 1. The average molecular weight is 512 g/mol. The van der Waals surface area contributed by atoms with Crippen LogP contribution in [0.5, 0.6) is 11.5 Å². The van der Waals surface area contributed by atoms with Gasteiger partial charge in [0.05, 0.1) is 25.8 Å². The number of ketones is 1. The number of carbonyl (C=O) groups excluding carboxylic acids is 2. The molecule has 5 rings (SSSR count). The van der Waals surface area contributed by atoms with Crippen molar-refractivity contribution in [3.8, 4) is 11.5 Å². The summed E-state index contributed by atoms with van der Waals surface area (Å²) in [5.74, 6) is -1.16. The van der Waals surface area contributed by atoms with Gasteiger partial charge < -0.3 is 19.5 Å². The zero-order valence-electron chi connectivity index (χ0n) is 21.0. The molecule has 1 fully saturated rings. The summed E-state index contributed by atoms with van der Waals surface area (Å²) in [4.78, 5) is 28.2. The van der Waals surface area contributed by atoms with Crippen LogP contribution in [0, 0.1) is 5.82 Å². The van der Waals surface area contributed by atoms with Crippen molar-refractivity contribution in [3.63, 3.8) is 0 Å². The molecule has 0 saturated carbocycles. The maximum atomic E-state index is 13.4. The van der Waals surface area contributed by atoms with Crippen molar-refractivity contribution in [2.45, 2.75) is 12.5 Å². The third-order valence-corrected chi connectivity index (χ3v) is 6.84. The number of aliphatic hydroxyl groups is 1. The molecule has 0 radical (unpaired) electrons. The summed E-state index contributed by atoms with van der Waals surface area (Å²) in [6.07, 6.45) is 0.396. The number of ether oxygens (including phenoxy) is 2. The number of likely N-dealkylation sites (tertiary alicyclic amines) is 1. The Labute approximate surface area is 219 Å². The molecule has 1 aliphatic rings. The molecular formula is C31H26FNO5. The van der Waals surface area contributed by atoms with Crippen LogP contribution in [0.15, 0.2) is 90.5 Å². The number of nitrogens with zero attached hydrogens (tertiary/aromatic N) is 1. The highest BCUT2D eigenvalue weighted by atomic mass is 19.1. The van der Waals surface area contributed by atoms with Crippen molar-refractivity contribution in [3.05, 3.63) is 113 Å². The van der Waals surface area contributed by atoms with Crippen LogP contribution in [0.4, 0.5) is 4.39 Å². The van der Waals surface area contributed by atoms with Crippen LogP contribution in [0.3, 0.4) is 0 Å². The molecule has 7 heteroatoms. The molecule has 0 aromatic heterocycles. The van der Waals surface area contributed by atoms with Gasteiger partial charge in [-0.2, -0.15) is 0 Å². The number of methoxy groups -OCH3 is 2. The Kier molecular flexibility index (Phi) is 6.83. The molecule has 6 nitrogen and oxygen atoms in total. The largest absolute Gasteiger partial charge is 0.507 e. The second-order valence-corrected chi connectivity index (χ2v) is 9.05. The summed E-state index contributed by atoms with van der Waals surface area (Å²) < 4.78 is 24.2. The normalized spacial score (nSPS) is 16.7. The standard InChI is InChI=1S/C31H26FNO5/c1-37-25-14-11-22(18-26(25)38-2)28-27(29(34)23-10-9-20-5-3-4-6-21(20)17-23)30(35)31(36)33(28)16-15-19-7-12-24(32)13-8-19/h3-14,17-18,28,34H,15-16H2,1-2H3/b29-27+. The van der Waals surface area contributed by atoms with Gasteiger partial charge in [-0.15, -0.1) is 0 Å². The lowest BCUT2D eigenvalue weighted by Crippen LogP contribution is -2.31. The van der Waals surface area contributed by atoms with Gasteiger partial charge in [-0.05, 0) is 58.7 Å². The van der Waals surface area contributed by atoms with Crippen molar-refractivity contribution in [2.24, 2.45) is 0 Å². The summed E-state index contributed by atoms with van der Waals surface area (Å²) in [5.41, 5.74) is 1.83. The zero-order valence-corrected chi connectivity index (χ0v) is 21.0. The summed E-state index contributed by atoms with van der Waals surface area (Å²) in [6, 6.07) is 23.4. The molecule has 1 heterocycles. The Hall–Kier alpha value is -4.65. The van der Waals surface area contributed by atoms with Crippen LogP contribution >= 0.6 is 0 Å². The minimum absolute atomic E-state index is 0.00314. The summed E-state index contributed by atoms with van der Waals surface area (Å²) in [6.45, 7) is 0.184. The first-order valence-electron chi connectivity index (χ1n) is 12.1. The molecule has 0 aliphatic carbocycles. The molecule has 1 atom stereocenters. The molecule has 192 valence electrons. The van der Waals surface area contributed by atoms with Crippen molar-refractivity contribution in [1.29, 1.82) is 0 Å². The van der Waals surface area contributed by atoms with Gasteiger partial charge in [0.15, 0.2) is 11.5 Å². The Bertz CT molecular complexity index is 1560. The second-order valence-electron chi connectivity index (χ2n) is 9.05. The lowest BCUT2D eigenvalue weighted by molar-refractivity contribution is -0.139. The molecule has 1 N–H and O–H groups in total. The Morgan fingerprint density at radius 1 is 0.868 bits per heavy atom. The van der Waals surface area contributed by atoms with Crippen LogP contribution in [0.2, 0.25) is 0 Å². The number of benzene rings is 4. The van der Waals surface area contributed by atoms with E-state index in [1.807, 2.05) is 30.3 Å². The van der Waals surface area contributed by atoms with Gasteiger partial charge in [0.2, 0.25) is 0 Å². The highest BCUT2D eigenvalue weighted by Gasteiger charge is 2.46. The quantitative estimate of drug-likeness (QED) is 0.197. The Morgan fingerprint density at radius 3 is 2.29 bits per heavy atom. The first-order valence-corrected chi connectivity index (χ1v) is 12.1. The summed E-state index contributed by atoms with van der Waals surface area (Å²) >= 11 is 0. The summed E-state index contributed by atoms with van der Waals surface area (Å²) in [5, 5.41) is 13.3. The van der Waals surface area contributed by atoms with Crippen LogP contribution in [0.25, 0.3) is 16.5 Å². The smallest absolute Gasteiger partial charge is 0.295 e. The second kappa shape index (κ2) is 10.4.